The molecule has 2 atom stereocenters. The van der Waals surface area contributed by atoms with E-state index in [0.717, 1.165) is 32.1 Å². The summed E-state index contributed by atoms with van der Waals surface area (Å²) in [6.07, 6.45) is 58.6. The highest BCUT2D eigenvalue weighted by atomic mass is 31.2. The first-order valence-corrected chi connectivity index (χ1v) is 30.7. The molecule has 2 unspecified atom stereocenters. The van der Waals surface area contributed by atoms with E-state index >= 15 is 0 Å². The Morgan fingerprint density at radius 3 is 1.00 bits per heavy atom. The number of nitrogens with zero attached hydrogens (tertiary/aromatic N) is 1. The summed E-state index contributed by atoms with van der Waals surface area (Å²) in [5.74, 6) is -0.323. The highest BCUT2D eigenvalue weighted by Gasteiger charge is 2.20. The van der Waals surface area contributed by atoms with Gasteiger partial charge in [-0.1, -0.05) is 284 Å². The lowest BCUT2D eigenvalue weighted by atomic mass is 10.0. The number of unbranched alkanes of at least 4 members (excludes halogenated alkanes) is 42. The standard InChI is InChI=1S/C57H116NO7P/c1-6-8-10-12-14-16-18-20-22-24-26-28-30-32-34-36-38-40-42-44-46-48-50-57(59)65-56(55-64-66(60,61)63-53-51-58(3,4)5)54-62-52-49-47-45-43-41-39-37-35-33-31-29-27-25-23-21-19-17-15-13-11-9-7-2/h56H,6-55H2,1-5H3. The summed E-state index contributed by atoms with van der Waals surface area (Å²) < 4.78 is 34.9. The van der Waals surface area contributed by atoms with Gasteiger partial charge in [0.2, 0.25) is 0 Å². The molecule has 0 N–H and O–H groups in total. The van der Waals surface area contributed by atoms with E-state index in [0.29, 0.717) is 24.1 Å². The van der Waals surface area contributed by atoms with Gasteiger partial charge >= 0.3 is 5.97 Å². The maximum atomic E-state index is 12.8. The Hall–Kier alpha value is -0.500. The van der Waals surface area contributed by atoms with Crippen LogP contribution in [0, 0.1) is 0 Å². The van der Waals surface area contributed by atoms with Crippen LogP contribution in [0.1, 0.15) is 303 Å². The van der Waals surface area contributed by atoms with E-state index < -0.39 is 13.9 Å². The average Bonchev–Trinajstić information content (AvgIpc) is 3.28. The first-order valence-electron chi connectivity index (χ1n) is 29.3. The van der Waals surface area contributed by atoms with E-state index in [1.165, 1.54) is 250 Å². The van der Waals surface area contributed by atoms with Gasteiger partial charge in [-0.15, -0.1) is 0 Å². The minimum Gasteiger partial charge on any atom is -0.756 e. The second-order valence-corrected chi connectivity index (χ2v) is 22.8. The van der Waals surface area contributed by atoms with Gasteiger partial charge in [-0.05, 0) is 12.8 Å². The highest BCUT2D eigenvalue weighted by molar-refractivity contribution is 7.45. The topological polar surface area (TPSA) is 94.1 Å². The molecule has 0 bridgehead atoms. The van der Waals surface area contributed by atoms with Gasteiger partial charge in [0.25, 0.3) is 7.82 Å². The lowest BCUT2D eigenvalue weighted by Crippen LogP contribution is -2.37. The van der Waals surface area contributed by atoms with Crippen molar-refractivity contribution in [3.63, 3.8) is 0 Å². The number of phosphoric ester groups is 1. The number of rotatable bonds is 56. The predicted molar refractivity (Wildman–Crippen MR) is 282 cm³/mol. The van der Waals surface area contributed by atoms with Crippen LogP contribution in [0.3, 0.4) is 0 Å². The van der Waals surface area contributed by atoms with Gasteiger partial charge in [0, 0.05) is 13.0 Å². The molecule has 0 aliphatic rings. The lowest BCUT2D eigenvalue weighted by molar-refractivity contribution is -0.870. The molecule has 0 amide bonds. The molecule has 0 rings (SSSR count). The van der Waals surface area contributed by atoms with Crippen LogP contribution in [0.15, 0.2) is 0 Å². The highest BCUT2D eigenvalue weighted by Crippen LogP contribution is 2.38. The SMILES string of the molecule is CCCCCCCCCCCCCCCCCCCCCCCCOCC(COP(=O)([O-])OCC[N+](C)(C)C)OC(=O)CCCCCCCCCCCCCCCCCCCCCCCC. The van der Waals surface area contributed by atoms with Gasteiger partial charge < -0.3 is 27.9 Å². The molecule has 0 aromatic rings. The van der Waals surface area contributed by atoms with Crippen LogP contribution < -0.4 is 4.89 Å². The van der Waals surface area contributed by atoms with Crippen LogP contribution in [0.4, 0.5) is 0 Å². The fourth-order valence-electron chi connectivity index (χ4n) is 8.90. The Kier molecular flexibility index (Phi) is 50.5. The second-order valence-electron chi connectivity index (χ2n) is 21.4. The lowest BCUT2D eigenvalue weighted by Gasteiger charge is -2.28. The fraction of sp³-hybridized carbons (Fsp3) is 0.982. The zero-order valence-corrected chi connectivity index (χ0v) is 46.1. The van der Waals surface area contributed by atoms with Crippen LogP contribution in [-0.2, 0) is 27.9 Å². The van der Waals surface area contributed by atoms with Crippen molar-refractivity contribution in [3.05, 3.63) is 0 Å². The van der Waals surface area contributed by atoms with Crippen molar-refractivity contribution in [2.45, 2.75) is 309 Å². The summed E-state index contributed by atoms with van der Waals surface area (Å²) in [4.78, 5) is 25.3. The van der Waals surface area contributed by atoms with Crippen molar-refractivity contribution in [3.8, 4) is 0 Å². The van der Waals surface area contributed by atoms with Crippen LogP contribution in [0.2, 0.25) is 0 Å². The minimum atomic E-state index is -4.53. The van der Waals surface area contributed by atoms with Gasteiger partial charge in [0.15, 0.2) is 0 Å². The molecule has 0 aliphatic heterocycles. The molecule has 0 aromatic carbocycles. The number of ether oxygens (including phenoxy) is 2. The molecule has 66 heavy (non-hydrogen) atoms. The zero-order chi connectivity index (χ0) is 48.3. The Morgan fingerprint density at radius 1 is 0.409 bits per heavy atom. The third-order valence-electron chi connectivity index (χ3n) is 13.4. The third kappa shape index (κ3) is 54.4. The number of esters is 1. The Labute approximate surface area is 412 Å². The molecular formula is C57H116NO7P. The molecule has 0 saturated heterocycles. The minimum absolute atomic E-state index is 0.0320. The molecule has 0 aromatic heterocycles. The van der Waals surface area contributed by atoms with E-state index in [-0.39, 0.29) is 25.8 Å². The first kappa shape index (κ1) is 65.5. The maximum absolute atomic E-state index is 12.8. The molecule has 0 spiro atoms. The normalized spacial score (nSPS) is 13.4. The second kappa shape index (κ2) is 50.9. The number of carbonyl (C=O) groups excluding carboxylic acids is 1. The molecule has 0 aliphatic carbocycles. The van der Waals surface area contributed by atoms with E-state index in [9.17, 15) is 14.3 Å². The maximum Gasteiger partial charge on any atom is 0.306 e. The molecular weight excluding hydrogens is 842 g/mol. The summed E-state index contributed by atoms with van der Waals surface area (Å²) in [6.45, 7) is 5.51. The number of carbonyl (C=O) groups is 1. The van der Waals surface area contributed by atoms with E-state index in [2.05, 4.69) is 13.8 Å². The summed E-state index contributed by atoms with van der Waals surface area (Å²) in [5, 5.41) is 0. The van der Waals surface area contributed by atoms with Gasteiger partial charge in [0.05, 0.1) is 34.4 Å². The van der Waals surface area contributed by atoms with Crippen LogP contribution in [0.5, 0.6) is 0 Å². The van der Waals surface area contributed by atoms with Crippen molar-refractivity contribution in [2.75, 3.05) is 54.1 Å². The van der Waals surface area contributed by atoms with E-state index in [4.69, 9.17) is 18.5 Å². The molecule has 0 heterocycles. The number of hydrogen-bond acceptors (Lipinski definition) is 7. The third-order valence-corrected chi connectivity index (χ3v) is 14.4. The van der Waals surface area contributed by atoms with Crippen LogP contribution in [0.25, 0.3) is 0 Å². The van der Waals surface area contributed by atoms with E-state index in [1.54, 1.807) is 0 Å². The smallest absolute Gasteiger partial charge is 0.306 e. The number of hydrogen-bond donors (Lipinski definition) is 0. The van der Waals surface area contributed by atoms with Crippen molar-refractivity contribution >= 4 is 13.8 Å². The van der Waals surface area contributed by atoms with Crippen molar-refractivity contribution in [1.29, 1.82) is 0 Å². The molecule has 396 valence electrons. The number of phosphoric acid groups is 1. The summed E-state index contributed by atoms with van der Waals surface area (Å²) >= 11 is 0. The Balaban J connectivity index is 4.00. The van der Waals surface area contributed by atoms with Crippen LogP contribution >= 0.6 is 7.82 Å². The summed E-state index contributed by atoms with van der Waals surface area (Å²) in [6, 6.07) is 0. The molecule has 8 nitrogen and oxygen atoms in total. The predicted octanol–water partition coefficient (Wildman–Crippen LogP) is 17.7. The van der Waals surface area contributed by atoms with Gasteiger partial charge in [0.1, 0.15) is 19.3 Å². The Morgan fingerprint density at radius 2 is 0.697 bits per heavy atom. The van der Waals surface area contributed by atoms with E-state index in [1.807, 2.05) is 21.1 Å². The molecule has 0 fully saturated rings. The molecule has 9 heteroatoms. The quantitative estimate of drug-likeness (QED) is 0.0259. The molecule has 0 saturated carbocycles. The molecule has 0 radical (unpaired) electrons. The largest absolute Gasteiger partial charge is 0.756 e. The average molecular weight is 959 g/mol. The van der Waals surface area contributed by atoms with Crippen molar-refractivity contribution in [1.82, 2.24) is 0 Å². The van der Waals surface area contributed by atoms with Crippen molar-refractivity contribution in [2.24, 2.45) is 0 Å². The number of quaternary nitrogens is 1. The first-order chi connectivity index (χ1) is 32.1. The monoisotopic (exact) mass is 958 g/mol. The summed E-state index contributed by atoms with van der Waals surface area (Å²) in [5.41, 5.74) is 0. The zero-order valence-electron chi connectivity index (χ0n) is 45.2. The van der Waals surface area contributed by atoms with Gasteiger partial charge in [-0.2, -0.15) is 0 Å². The fourth-order valence-corrected chi connectivity index (χ4v) is 9.63. The van der Waals surface area contributed by atoms with Gasteiger partial charge in [-0.3, -0.25) is 9.36 Å². The summed E-state index contributed by atoms with van der Waals surface area (Å²) in [7, 11) is 1.38. The van der Waals surface area contributed by atoms with Crippen LogP contribution in [-0.4, -0.2) is 70.7 Å². The number of likely N-dealkylation sites (N-methyl/N-ethyl adjacent to an activating group) is 1. The Bertz CT molecular complexity index is 1020. The van der Waals surface area contributed by atoms with Gasteiger partial charge in [-0.25, -0.2) is 0 Å². The van der Waals surface area contributed by atoms with Crippen molar-refractivity contribution < 1.29 is 37.3 Å².